The molecule has 1 N–H and O–H groups in total. The van der Waals surface area contributed by atoms with E-state index in [2.05, 4.69) is 10.5 Å². The van der Waals surface area contributed by atoms with Crippen molar-refractivity contribution in [2.45, 2.75) is 25.2 Å². The summed E-state index contributed by atoms with van der Waals surface area (Å²) in [4.78, 5) is 17.1. The molecule has 1 aliphatic rings. The molecule has 0 saturated heterocycles. The van der Waals surface area contributed by atoms with Gasteiger partial charge in [0.25, 0.3) is 5.91 Å². The predicted octanol–water partition coefficient (Wildman–Crippen LogP) is 3.11. The zero-order valence-corrected chi connectivity index (χ0v) is 12.3. The van der Waals surface area contributed by atoms with Crippen molar-refractivity contribution in [1.29, 1.82) is 0 Å². The second kappa shape index (κ2) is 6.38. The van der Waals surface area contributed by atoms with Crippen molar-refractivity contribution in [1.82, 2.24) is 5.32 Å². The molecule has 1 atom stereocenters. The molecule has 1 aromatic carbocycles. The van der Waals surface area contributed by atoms with Crippen LogP contribution >= 0.6 is 0 Å². The number of amides is 1. The van der Waals surface area contributed by atoms with Gasteiger partial charge < -0.3 is 14.6 Å². The van der Waals surface area contributed by atoms with Crippen LogP contribution in [0.25, 0.3) is 0 Å². The molecule has 0 bridgehead atoms. The molecule has 3 rings (SSSR count). The minimum atomic E-state index is -4.39. The maximum absolute atomic E-state index is 12.6. The van der Waals surface area contributed by atoms with E-state index in [0.29, 0.717) is 17.0 Å². The SMILES string of the molecule is O=C(NCc1ccco1)C1CC(c2ccc(C(F)(F)F)cc2)=NO1. The van der Waals surface area contributed by atoms with Gasteiger partial charge in [-0.05, 0) is 29.8 Å². The number of hydrogen-bond donors (Lipinski definition) is 1. The van der Waals surface area contributed by atoms with Gasteiger partial charge in [-0.2, -0.15) is 13.2 Å². The summed E-state index contributed by atoms with van der Waals surface area (Å²) in [5.74, 6) is 0.238. The smallest absolute Gasteiger partial charge is 0.416 e. The molecule has 1 aromatic heterocycles. The molecular weight excluding hydrogens is 325 g/mol. The summed E-state index contributed by atoms with van der Waals surface area (Å²) in [6.07, 6.45) is -3.51. The monoisotopic (exact) mass is 338 g/mol. The fourth-order valence-electron chi connectivity index (χ4n) is 2.24. The Hall–Kier alpha value is -2.77. The van der Waals surface area contributed by atoms with Gasteiger partial charge in [-0.25, -0.2) is 0 Å². The molecule has 0 spiro atoms. The second-order valence-corrected chi connectivity index (χ2v) is 5.21. The van der Waals surface area contributed by atoms with E-state index >= 15 is 0 Å². The van der Waals surface area contributed by atoms with E-state index in [1.54, 1.807) is 12.1 Å². The standard InChI is InChI=1S/C16H13F3N2O3/c17-16(18,19)11-5-3-10(4-6-11)13-8-14(24-21-13)15(22)20-9-12-2-1-7-23-12/h1-7,14H,8-9H2,(H,20,22). The third-order valence-corrected chi connectivity index (χ3v) is 3.52. The third kappa shape index (κ3) is 3.58. The van der Waals surface area contributed by atoms with E-state index in [9.17, 15) is 18.0 Å². The number of carbonyl (C=O) groups excluding carboxylic acids is 1. The Morgan fingerprint density at radius 3 is 2.62 bits per heavy atom. The zero-order chi connectivity index (χ0) is 17.2. The van der Waals surface area contributed by atoms with Crippen LogP contribution in [0.5, 0.6) is 0 Å². The fourth-order valence-corrected chi connectivity index (χ4v) is 2.24. The predicted molar refractivity (Wildman–Crippen MR) is 78.0 cm³/mol. The Morgan fingerprint density at radius 1 is 1.25 bits per heavy atom. The molecule has 0 saturated carbocycles. The number of halogens is 3. The number of carbonyl (C=O) groups is 1. The van der Waals surface area contributed by atoms with Gasteiger partial charge in [0.1, 0.15) is 5.76 Å². The number of furan rings is 1. The van der Waals surface area contributed by atoms with Gasteiger partial charge in [0, 0.05) is 6.42 Å². The molecule has 1 amide bonds. The van der Waals surface area contributed by atoms with E-state index in [-0.39, 0.29) is 18.9 Å². The lowest BCUT2D eigenvalue weighted by Crippen LogP contribution is -2.34. The van der Waals surface area contributed by atoms with Crippen LogP contribution < -0.4 is 5.32 Å². The maximum atomic E-state index is 12.6. The fraction of sp³-hybridized carbons (Fsp3) is 0.250. The molecule has 2 aromatic rings. The highest BCUT2D eigenvalue weighted by Gasteiger charge is 2.32. The molecule has 0 radical (unpaired) electrons. The minimum absolute atomic E-state index is 0.190. The summed E-state index contributed by atoms with van der Waals surface area (Å²) in [6, 6.07) is 8.01. The van der Waals surface area contributed by atoms with Gasteiger partial charge in [0.05, 0.1) is 24.1 Å². The van der Waals surface area contributed by atoms with Crippen molar-refractivity contribution in [2.24, 2.45) is 5.16 Å². The molecule has 0 fully saturated rings. The van der Waals surface area contributed by atoms with Crippen molar-refractivity contribution in [2.75, 3.05) is 0 Å². The van der Waals surface area contributed by atoms with Gasteiger partial charge in [-0.3, -0.25) is 4.79 Å². The molecule has 2 heterocycles. The molecule has 24 heavy (non-hydrogen) atoms. The Kier molecular flexibility index (Phi) is 4.28. The molecule has 1 unspecified atom stereocenters. The average Bonchev–Trinajstić information content (AvgIpc) is 3.23. The maximum Gasteiger partial charge on any atom is 0.416 e. The van der Waals surface area contributed by atoms with Crippen molar-refractivity contribution in [3.63, 3.8) is 0 Å². The van der Waals surface area contributed by atoms with Gasteiger partial charge in [-0.1, -0.05) is 17.3 Å². The van der Waals surface area contributed by atoms with Crippen LogP contribution in [-0.4, -0.2) is 17.7 Å². The minimum Gasteiger partial charge on any atom is -0.467 e. The quantitative estimate of drug-likeness (QED) is 0.932. The average molecular weight is 338 g/mol. The summed E-state index contributed by atoms with van der Waals surface area (Å²) in [5, 5.41) is 6.44. The van der Waals surface area contributed by atoms with E-state index in [0.717, 1.165) is 12.1 Å². The highest BCUT2D eigenvalue weighted by Crippen LogP contribution is 2.29. The highest BCUT2D eigenvalue weighted by atomic mass is 19.4. The van der Waals surface area contributed by atoms with E-state index in [4.69, 9.17) is 9.25 Å². The third-order valence-electron chi connectivity index (χ3n) is 3.52. The van der Waals surface area contributed by atoms with Crippen LogP contribution in [0.3, 0.4) is 0 Å². The molecule has 5 nitrogen and oxygen atoms in total. The summed E-state index contributed by atoms with van der Waals surface area (Å²) in [5.41, 5.74) is 0.185. The number of nitrogens with one attached hydrogen (secondary N) is 1. The Labute approximate surface area is 135 Å². The number of hydrogen-bond acceptors (Lipinski definition) is 4. The first-order chi connectivity index (χ1) is 11.4. The first-order valence-corrected chi connectivity index (χ1v) is 7.14. The van der Waals surface area contributed by atoms with Crippen molar-refractivity contribution in [3.8, 4) is 0 Å². The van der Waals surface area contributed by atoms with Crippen LogP contribution in [0.15, 0.2) is 52.2 Å². The van der Waals surface area contributed by atoms with Crippen LogP contribution in [-0.2, 0) is 22.4 Å². The summed E-state index contributed by atoms with van der Waals surface area (Å²) < 4.78 is 42.8. The number of nitrogens with zero attached hydrogens (tertiary/aromatic N) is 1. The first-order valence-electron chi connectivity index (χ1n) is 7.14. The lowest BCUT2D eigenvalue weighted by molar-refractivity contribution is -0.137. The van der Waals surface area contributed by atoms with Crippen molar-refractivity contribution < 1.29 is 27.2 Å². The van der Waals surface area contributed by atoms with E-state index in [1.807, 2.05) is 0 Å². The molecular formula is C16H13F3N2O3. The second-order valence-electron chi connectivity index (χ2n) is 5.21. The molecule has 126 valence electrons. The van der Waals surface area contributed by atoms with Gasteiger partial charge in [0.2, 0.25) is 6.10 Å². The number of alkyl halides is 3. The zero-order valence-electron chi connectivity index (χ0n) is 12.3. The van der Waals surface area contributed by atoms with Crippen LogP contribution in [0.1, 0.15) is 23.3 Å². The van der Waals surface area contributed by atoms with Crippen LogP contribution in [0.2, 0.25) is 0 Å². The Bertz CT molecular complexity index is 737. The normalized spacial score (nSPS) is 17.3. The topological polar surface area (TPSA) is 63.8 Å². The highest BCUT2D eigenvalue weighted by molar-refractivity contribution is 6.04. The van der Waals surface area contributed by atoms with Gasteiger partial charge in [-0.15, -0.1) is 0 Å². The first kappa shape index (κ1) is 16.1. The lowest BCUT2D eigenvalue weighted by Gasteiger charge is -2.08. The van der Waals surface area contributed by atoms with Crippen molar-refractivity contribution >= 4 is 11.6 Å². The summed E-state index contributed by atoms with van der Waals surface area (Å²) >= 11 is 0. The van der Waals surface area contributed by atoms with Gasteiger partial charge in [0.15, 0.2) is 0 Å². The molecule has 8 heteroatoms. The Balaban J connectivity index is 1.57. The van der Waals surface area contributed by atoms with Crippen LogP contribution in [0, 0.1) is 0 Å². The molecule has 0 aliphatic carbocycles. The Morgan fingerprint density at radius 2 is 2.00 bits per heavy atom. The van der Waals surface area contributed by atoms with Gasteiger partial charge >= 0.3 is 6.18 Å². The van der Waals surface area contributed by atoms with E-state index < -0.39 is 17.8 Å². The summed E-state index contributed by atoms with van der Waals surface area (Å²) in [7, 11) is 0. The number of rotatable bonds is 4. The lowest BCUT2D eigenvalue weighted by atomic mass is 10.0. The largest absolute Gasteiger partial charge is 0.467 e. The van der Waals surface area contributed by atoms with E-state index in [1.165, 1.54) is 18.4 Å². The number of benzene rings is 1. The molecule has 1 aliphatic heterocycles. The summed E-state index contributed by atoms with van der Waals surface area (Å²) in [6.45, 7) is 0.224. The number of oxime groups is 1. The van der Waals surface area contributed by atoms with Crippen LogP contribution in [0.4, 0.5) is 13.2 Å². The van der Waals surface area contributed by atoms with Crippen molar-refractivity contribution in [3.05, 3.63) is 59.5 Å².